The molecular formula is C9H8F4N2O. The van der Waals surface area contributed by atoms with Crippen LogP contribution in [0.2, 0.25) is 0 Å². The molecular weight excluding hydrogens is 228 g/mol. The quantitative estimate of drug-likeness (QED) is 0.611. The minimum Gasteiger partial charge on any atom is -0.399 e. The molecule has 0 aliphatic heterocycles. The van der Waals surface area contributed by atoms with E-state index in [1.807, 2.05) is 0 Å². The smallest absolute Gasteiger partial charge is 0.397 e. The third-order valence-electron chi connectivity index (χ3n) is 1.63. The summed E-state index contributed by atoms with van der Waals surface area (Å²) in [7, 11) is 0. The first-order valence-electron chi connectivity index (χ1n) is 4.19. The van der Waals surface area contributed by atoms with Crippen LogP contribution in [-0.4, -0.2) is 12.1 Å². The first kappa shape index (κ1) is 12.3. The maximum absolute atomic E-state index is 13.0. The molecule has 7 heteroatoms. The van der Waals surface area contributed by atoms with Crippen LogP contribution in [0.15, 0.2) is 18.2 Å². The van der Waals surface area contributed by atoms with Crippen LogP contribution in [0.5, 0.6) is 0 Å². The predicted octanol–water partition coefficient (Wildman–Crippen LogP) is 2.30. The van der Waals surface area contributed by atoms with Crippen molar-refractivity contribution in [3.05, 3.63) is 24.0 Å². The molecule has 0 aliphatic rings. The Morgan fingerprint density at radius 2 is 2.00 bits per heavy atom. The minimum atomic E-state index is -4.62. The number of amides is 1. The van der Waals surface area contributed by atoms with Gasteiger partial charge in [0, 0.05) is 5.69 Å². The average Bonchev–Trinajstić information content (AvgIpc) is 2.08. The number of hydrogen-bond donors (Lipinski definition) is 2. The lowest BCUT2D eigenvalue weighted by atomic mass is 10.2. The van der Waals surface area contributed by atoms with E-state index in [1.165, 1.54) is 6.07 Å². The van der Waals surface area contributed by atoms with Crippen LogP contribution in [0.4, 0.5) is 28.9 Å². The molecule has 88 valence electrons. The molecule has 0 heterocycles. The summed E-state index contributed by atoms with van der Waals surface area (Å²) in [6.45, 7) is 0. The molecule has 1 rings (SSSR count). The zero-order valence-corrected chi connectivity index (χ0v) is 7.94. The summed E-state index contributed by atoms with van der Waals surface area (Å²) in [4.78, 5) is 10.9. The van der Waals surface area contributed by atoms with Gasteiger partial charge >= 0.3 is 6.18 Å². The maximum Gasteiger partial charge on any atom is 0.397 e. The zero-order valence-electron chi connectivity index (χ0n) is 7.94. The molecule has 3 nitrogen and oxygen atoms in total. The first-order chi connectivity index (χ1) is 7.28. The summed E-state index contributed by atoms with van der Waals surface area (Å²) in [5.74, 6) is -2.18. The van der Waals surface area contributed by atoms with E-state index in [0.29, 0.717) is 0 Å². The van der Waals surface area contributed by atoms with E-state index < -0.39 is 24.3 Å². The molecule has 0 bridgehead atoms. The Kier molecular flexibility index (Phi) is 3.36. The van der Waals surface area contributed by atoms with Crippen molar-refractivity contribution in [1.29, 1.82) is 0 Å². The van der Waals surface area contributed by atoms with Crippen LogP contribution in [-0.2, 0) is 4.79 Å². The molecule has 1 amide bonds. The van der Waals surface area contributed by atoms with Crippen molar-refractivity contribution in [3.8, 4) is 0 Å². The fourth-order valence-corrected chi connectivity index (χ4v) is 1.02. The number of benzene rings is 1. The molecule has 0 saturated heterocycles. The van der Waals surface area contributed by atoms with Gasteiger partial charge in [-0.25, -0.2) is 4.39 Å². The number of carbonyl (C=O) groups is 1. The lowest BCUT2D eigenvalue weighted by molar-refractivity contribution is -0.150. The van der Waals surface area contributed by atoms with Crippen LogP contribution < -0.4 is 11.1 Å². The van der Waals surface area contributed by atoms with E-state index in [-0.39, 0.29) is 11.4 Å². The second kappa shape index (κ2) is 4.38. The number of carbonyl (C=O) groups excluding carboxylic acids is 1. The lowest BCUT2D eigenvalue weighted by Gasteiger charge is -2.08. The lowest BCUT2D eigenvalue weighted by Crippen LogP contribution is -2.21. The Balaban J connectivity index is 2.73. The minimum absolute atomic E-state index is 0.142. The van der Waals surface area contributed by atoms with Gasteiger partial charge in [0.25, 0.3) is 0 Å². The molecule has 3 N–H and O–H groups in total. The second-order valence-corrected chi connectivity index (χ2v) is 3.08. The fourth-order valence-electron chi connectivity index (χ4n) is 1.02. The van der Waals surface area contributed by atoms with Gasteiger partial charge in [0.15, 0.2) is 0 Å². The number of hydrogen-bond acceptors (Lipinski definition) is 2. The molecule has 1 aromatic rings. The number of halogens is 4. The van der Waals surface area contributed by atoms with Gasteiger partial charge in [-0.15, -0.1) is 0 Å². The second-order valence-electron chi connectivity index (χ2n) is 3.08. The number of anilines is 2. The van der Waals surface area contributed by atoms with Crippen LogP contribution in [0.1, 0.15) is 6.42 Å². The van der Waals surface area contributed by atoms with Gasteiger partial charge in [-0.05, 0) is 18.2 Å². The van der Waals surface area contributed by atoms with E-state index in [0.717, 1.165) is 12.1 Å². The normalized spacial score (nSPS) is 11.2. The highest BCUT2D eigenvalue weighted by atomic mass is 19.4. The molecule has 0 radical (unpaired) electrons. The summed E-state index contributed by atoms with van der Waals surface area (Å²) in [6, 6.07) is 3.23. The molecule has 0 aliphatic carbocycles. The van der Waals surface area contributed by atoms with Crippen molar-refractivity contribution >= 4 is 17.3 Å². The highest BCUT2D eigenvalue weighted by Crippen LogP contribution is 2.22. The van der Waals surface area contributed by atoms with Crippen LogP contribution in [0.3, 0.4) is 0 Å². The van der Waals surface area contributed by atoms with Crippen molar-refractivity contribution in [3.63, 3.8) is 0 Å². The number of nitrogen functional groups attached to an aromatic ring is 1. The molecule has 16 heavy (non-hydrogen) atoms. The van der Waals surface area contributed by atoms with E-state index in [1.54, 1.807) is 5.32 Å². The third-order valence-corrected chi connectivity index (χ3v) is 1.63. The maximum atomic E-state index is 13.0. The van der Waals surface area contributed by atoms with Gasteiger partial charge in [0.1, 0.15) is 12.2 Å². The SMILES string of the molecule is Nc1ccc(F)c(NC(=O)CC(F)(F)F)c1. The predicted molar refractivity (Wildman–Crippen MR) is 50.1 cm³/mol. The Morgan fingerprint density at radius 1 is 1.38 bits per heavy atom. The first-order valence-corrected chi connectivity index (χ1v) is 4.19. The van der Waals surface area contributed by atoms with Crippen molar-refractivity contribution in [2.45, 2.75) is 12.6 Å². The number of rotatable bonds is 2. The van der Waals surface area contributed by atoms with Crippen molar-refractivity contribution < 1.29 is 22.4 Å². The molecule has 0 fully saturated rings. The van der Waals surface area contributed by atoms with Crippen molar-refractivity contribution in [2.24, 2.45) is 0 Å². The summed E-state index contributed by atoms with van der Waals surface area (Å²) in [6.07, 6.45) is -6.29. The molecule has 0 atom stereocenters. The Bertz CT molecular complexity index is 403. The topological polar surface area (TPSA) is 55.1 Å². The summed E-state index contributed by atoms with van der Waals surface area (Å²) < 4.78 is 48.4. The van der Waals surface area contributed by atoms with Crippen LogP contribution in [0.25, 0.3) is 0 Å². The number of alkyl halides is 3. The van der Waals surface area contributed by atoms with E-state index >= 15 is 0 Å². The largest absolute Gasteiger partial charge is 0.399 e. The van der Waals surface area contributed by atoms with Crippen LogP contribution >= 0.6 is 0 Å². The number of nitrogens with two attached hydrogens (primary N) is 1. The fraction of sp³-hybridized carbons (Fsp3) is 0.222. The van der Waals surface area contributed by atoms with E-state index in [2.05, 4.69) is 0 Å². The van der Waals surface area contributed by atoms with Gasteiger partial charge in [-0.1, -0.05) is 0 Å². The van der Waals surface area contributed by atoms with Gasteiger partial charge in [-0.3, -0.25) is 4.79 Å². The third kappa shape index (κ3) is 3.76. The molecule has 0 aromatic heterocycles. The standard InChI is InChI=1S/C9H8F4N2O/c10-6-2-1-5(14)3-7(6)15-8(16)4-9(11,12)13/h1-3H,4,14H2,(H,15,16). The van der Waals surface area contributed by atoms with E-state index in [9.17, 15) is 22.4 Å². The summed E-state index contributed by atoms with van der Waals surface area (Å²) in [5, 5.41) is 1.79. The highest BCUT2D eigenvalue weighted by molar-refractivity contribution is 5.91. The Labute approximate surface area is 88.2 Å². The molecule has 0 saturated carbocycles. The zero-order chi connectivity index (χ0) is 12.3. The summed E-state index contributed by atoms with van der Waals surface area (Å²) >= 11 is 0. The van der Waals surface area contributed by atoms with Gasteiger partial charge in [0.2, 0.25) is 5.91 Å². The molecule has 1 aromatic carbocycles. The van der Waals surface area contributed by atoms with Crippen molar-refractivity contribution in [1.82, 2.24) is 0 Å². The Morgan fingerprint density at radius 3 is 2.56 bits per heavy atom. The van der Waals surface area contributed by atoms with Crippen molar-refractivity contribution in [2.75, 3.05) is 11.1 Å². The molecule has 0 spiro atoms. The number of nitrogens with one attached hydrogen (secondary N) is 1. The average molecular weight is 236 g/mol. The molecule has 0 unspecified atom stereocenters. The van der Waals surface area contributed by atoms with Gasteiger partial charge < -0.3 is 11.1 Å². The monoisotopic (exact) mass is 236 g/mol. The Hall–Kier alpha value is -1.79. The highest BCUT2D eigenvalue weighted by Gasteiger charge is 2.31. The van der Waals surface area contributed by atoms with Gasteiger partial charge in [-0.2, -0.15) is 13.2 Å². The van der Waals surface area contributed by atoms with Crippen LogP contribution in [0, 0.1) is 5.82 Å². The van der Waals surface area contributed by atoms with Gasteiger partial charge in [0.05, 0.1) is 5.69 Å². The van der Waals surface area contributed by atoms with E-state index in [4.69, 9.17) is 5.73 Å². The summed E-state index contributed by atoms with van der Waals surface area (Å²) in [5.41, 5.74) is 5.07.